The van der Waals surface area contributed by atoms with Crippen molar-refractivity contribution in [1.29, 1.82) is 0 Å². The molecule has 0 unspecified atom stereocenters. The van der Waals surface area contributed by atoms with Crippen molar-refractivity contribution in [1.82, 2.24) is 43.6 Å². The molecule has 326 valence electrons. The van der Waals surface area contributed by atoms with Crippen molar-refractivity contribution in [3.8, 4) is 23.3 Å². The lowest BCUT2D eigenvalue weighted by atomic mass is 10.0. The number of carbonyl (C=O) groups excluding carboxylic acids is 4. The Kier molecular flexibility index (Phi) is 12.2. The van der Waals surface area contributed by atoms with Gasteiger partial charge in [0, 0.05) is 50.4 Å². The summed E-state index contributed by atoms with van der Waals surface area (Å²) >= 11 is 0. The maximum Gasteiger partial charge on any atom is 0.407 e. The van der Waals surface area contributed by atoms with E-state index < -0.39 is 29.7 Å². The highest BCUT2D eigenvalue weighted by Crippen LogP contribution is 2.33. The van der Waals surface area contributed by atoms with Gasteiger partial charge in [-0.15, -0.1) is 0 Å². The standard InChI is InChI=1S/C42H45N13O8/c1-6-54-30(15-23(3)49-54)38(58)47-40-45-28-17-26(36(43)56)19-32(62-5)34(28)52(40)12-8-9-13-53-35-29(46-41(53)48-39(59)31-16-24(4)50-55(31)7-2)18-27(37(44)57)20-33(35)63-14-10-11-25-21-51(22-25)42(60)61/h8-9,15-20,25H,6-7,12-14,21-22H2,1-5H3,(H2,43,56)(H2,44,57)(H,60,61)(H,45,47,58)(H,46,48,59). The van der Waals surface area contributed by atoms with Gasteiger partial charge in [-0.2, -0.15) is 10.2 Å². The number of hydrogen-bond acceptors (Lipinski definition) is 11. The molecule has 1 fully saturated rings. The zero-order valence-electron chi connectivity index (χ0n) is 35.1. The molecule has 7 rings (SSSR count). The number of anilines is 2. The van der Waals surface area contributed by atoms with Gasteiger partial charge in [-0.25, -0.2) is 14.8 Å². The zero-order valence-corrected chi connectivity index (χ0v) is 35.1. The van der Waals surface area contributed by atoms with Crippen molar-refractivity contribution in [3.63, 3.8) is 0 Å². The van der Waals surface area contributed by atoms with E-state index in [0.29, 0.717) is 52.4 Å². The minimum atomic E-state index is -1.01. The van der Waals surface area contributed by atoms with E-state index in [1.165, 1.54) is 36.3 Å². The second-order valence-corrected chi connectivity index (χ2v) is 14.6. The van der Waals surface area contributed by atoms with Crippen LogP contribution in [0.3, 0.4) is 0 Å². The topological polar surface area (TPSA) is 275 Å². The van der Waals surface area contributed by atoms with Crippen molar-refractivity contribution in [2.24, 2.45) is 17.4 Å². The van der Waals surface area contributed by atoms with Gasteiger partial charge in [0.05, 0.1) is 35.4 Å². The summed E-state index contributed by atoms with van der Waals surface area (Å²) in [4.78, 5) is 74.0. The number of aromatic nitrogens is 8. The Hall–Kier alpha value is -8.15. The maximum absolute atomic E-state index is 13.8. The first kappa shape index (κ1) is 43.0. The molecule has 2 aromatic carbocycles. The third-order valence-corrected chi connectivity index (χ3v) is 10.2. The number of nitrogens with one attached hydrogen (secondary N) is 2. The number of benzene rings is 2. The Labute approximate surface area is 359 Å². The average molecular weight is 860 g/mol. The van der Waals surface area contributed by atoms with Crippen molar-refractivity contribution in [2.75, 3.05) is 37.4 Å². The first-order valence-corrected chi connectivity index (χ1v) is 19.9. The number of carbonyl (C=O) groups is 5. The molecule has 21 nitrogen and oxygen atoms in total. The van der Waals surface area contributed by atoms with Crippen molar-refractivity contribution in [2.45, 2.75) is 53.9 Å². The van der Waals surface area contributed by atoms with Gasteiger partial charge >= 0.3 is 6.09 Å². The summed E-state index contributed by atoms with van der Waals surface area (Å²) in [7, 11) is 1.44. The van der Waals surface area contributed by atoms with Gasteiger partial charge in [-0.05, 0) is 64.1 Å². The number of carboxylic acid groups (broad SMARTS) is 1. The number of aryl methyl sites for hydroxylation is 4. The zero-order chi connectivity index (χ0) is 45.1. The predicted molar refractivity (Wildman–Crippen MR) is 230 cm³/mol. The van der Waals surface area contributed by atoms with E-state index in [1.807, 2.05) is 13.8 Å². The fourth-order valence-corrected chi connectivity index (χ4v) is 7.21. The third kappa shape index (κ3) is 8.86. The van der Waals surface area contributed by atoms with Gasteiger partial charge in [0.25, 0.3) is 11.8 Å². The summed E-state index contributed by atoms with van der Waals surface area (Å²) < 4.78 is 18.4. The van der Waals surface area contributed by atoms with Crippen molar-refractivity contribution in [3.05, 3.63) is 82.5 Å². The molecular formula is C42H45N13O8. The molecule has 0 bridgehead atoms. The van der Waals surface area contributed by atoms with Crippen LogP contribution in [-0.4, -0.2) is 105 Å². The van der Waals surface area contributed by atoms with Gasteiger partial charge in [-0.1, -0.05) is 24.0 Å². The normalized spacial score (nSPS) is 12.6. The SMILES string of the molecule is CCn1nc(C)cc1C(=O)Nc1nc2cc(C(N)=O)cc(OC)c2n1CC=CCn1c(NC(=O)c2cc(C)nn2CC)nc2cc(C(N)=O)cc(OCC#CC3CN(C(=O)O)C3)c21. The molecule has 6 aromatic rings. The molecule has 1 aliphatic rings. The number of nitrogens with zero attached hydrogens (tertiary/aromatic N) is 9. The van der Waals surface area contributed by atoms with Crippen LogP contribution in [0.15, 0.2) is 48.6 Å². The lowest BCUT2D eigenvalue weighted by Crippen LogP contribution is -2.48. The van der Waals surface area contributed by atoms with Gasteiger partial charge in [0.15, 0.2) is 0 Å². The highest BCUT2D eigenvalue weighted by atomic mass is 16.5. The first-order valence-electron chi connectivity index (χ1n) is 19.9. The summed E-state index contributed by atoms with van der Waals surface area (Å²) in [5.41, 5.74) is 15.0. The monoisotopic (exact) mass is 859 g/mol. The van der Waals surface area contributed by atoms with E-state index in [4.69, 9.17) is 31.0 Å². The molecule has 5 amide bonds. The molecule has 0 spiro atoms. The number of methoxy groups -OCH3 is 1. The molecule has 0 aliphatic carbocycles. The number of primary amides is 2. The minimum absolute atomic E-state index is 0.0927. The number of nitrogens with two attached hydrogens (primary N) is 2. The summed E-state index contributed by atoms with van der Waals surface area (Å²) in [6.45, 7) is 8.87. The lowest BCUT2D eigenvalue weighted by Gasteiger charge is -2.33. The summed E-state index contributed by atoms with van der Waals surface area (Å²) in [5, 5.41) is 23.7. The van der Waals surface area contributed by atoms with Crippen LogP contribution in [0.1, 0.15) is 66.9 Å². The largest absolute Gasteiger partial charge is 0.494 e. The molecule has 0 radical (unpaired) electrons. The van der Waals surface area contributed by atoms with Crippen LogP contribution in [0.4, 0.5) is 16.7 Å². The van der Waals surface area contributed by atoms with Gasteiger partial charge in [0.1, 0.15) is 40.5 Å². The summed E-state index contributed by atoms with van der Waals surface area (Å²) in [6, 6.07) is 9.29. The number of imidazole rings is 2. The Morgan fingerprint density at radius 3 is 1.70 bits per heavy atom. The summed E-state index contributed by atoms with van der Waals surface area (Å²) in [5.74, 6) is 4.20. The second-order valence-electron chi connectivity index (χ2n) is 14.6. The van der Waals surface area contributed by atoms with Crippen LogP contribution in [0.2, 0.25) is 0 Å². The molecule has 1 saturated heterocycles. The van der Waals surface area contributed by atoms with Crippen molar-refractivity contribution >= 4 is 63.7 Å². The van der Waals surface area contributed by atoms with Crippen LogP contribution in [-0.2, 0) is 26.2 Å². The first-order chi connectivity index (χ1) is 30.2. The third-order valence-electron chi connectivity index (χ3n) is 10.2. The molecule has 7 N–H and O–H groups in total. The smallest absolute Gasteiger partial charge is 0.407 e. The molecule has 5 heterocycles. The van der Waals surface area contributed by atoms with Gasteiger partial charge in [0.2, 0.25) is 23.7 Å². The highest BCUT2D eigenvalue weighted by molar-refractivity contribution is 6.05. The molecule has 21 heteroatoms. The highest BCUT2D eigenvalue weighted by Gasteiger charge is 2.29. The lowest BCUT2D eigenvalue weighted by molar-refractivity contribution is 0.0991. The van der Waals surface area contributed by atoms with Crippen LogP contribution < -0.4 is 31.6 Å². The Morgan fingerprint density at radius 1 is 0.778 bits per heavy atom. The number of amides is 5. The fraction of sp³-hybridized carbons (Fsp3) is 0.310. The molecular weight excluding hydrogens is 815 g/mol. The molecule has 0 atom stereocenters. The van der Waals surface area contributed by atoms with Crippen LogP contribution in [0.25, 0.3) is 22.1 Å². The minimum Gasteiger partial charge on any atom is -0.494 e. The van der Waals surface area contributed by atoms with Gasteiger partial charge in [-0.3, -0.25) is 39.2 Å². The number of likely N-dealkylation sites (tertiary alicyclic amines) is 1. The Bertz CT molecular complexity index is 2900. The fourth-order valence-electron chi connectivity index (χ4n) is 7.21. The Morgan fingerprint density at radius 2 is 1.25 bits per heavy atom. The molecule has 4 aromatic heterocycles. The van der Waals surface area contributed by atoms with Crippen molar-refractivity contribution < 1.29 is 38.6 Å². The molecule has 0 saturated carbocycles. The average Bonchev–Trinajstić information content (AvgIpc) is 4.00. The number of rotatable bonds is 15. The second kappa shape index (κ2) is 17.8. The van der Waals surface area contributed by atoms with E-state index in [-0.39, 0.29) is 78.7 Å². The van der Waals surface area contributed by atoms with E-state index in [9.17, 15) is 24.0 Å². The number of hydrogen-bond donors (Lipinski definition) is 5. The van der Waals surface area contributed by atoms with Crippen LogP contribution in [0.5, 0.6) is 11.5 Å². The molecule has 1 aliphatic heterocycles. The maximum atomic E-state index is 13.8. The van der Waals surface area contributed by atoms with Crippen LogP contribution >= 0.6 is 0 Å². The van der Waals surface area contributed by atoms with E-state index >= 15 is 0 Å². The van der Waals surface area contributed by atoms with E-state index in [2.05, 4.69) is 37.7 Å². The number of allylic oxidation sites excluding steroid dienone is 2. The molecule has 63 heavy (non-hydrogen) atoms. The quantitative estimate of drug-likeness (QED) is 0.0735. The van der Waals surface area contributed by atoms with E-state index in [0.717, 1.165) is 0 Å². The van der Waals surface area contributed by atoms with Crippen LogP contribution in [0, 0.1) is 31.6 Å². The summed E-state index contributed by atoms with van der Waals surface area (Å²) in [6.07, 6.45) is 2.59. The predicted octanol–water partition coefficient (Wildman–Crippen LogP) is 3.40. The number of fused-ring (bicyclic) bond motifs is 2. The van der Waals surface area contributed by atoms with E-state index in [1.54, 1.807) is 56.6 Å². The number of ether oxygens (including phenoxy) is 2. The Balaban J connectivity index is 1.26. The van der Waals surface area contributed by atoms with Gasteiger partial charge < -0.3 is 40.1 Å².